The van der Waals surface area contributed by atoms with Crippen molar-refractivity contribution in [3.8, 4) is 5.75 Å². The maximum atomic E-state index is 11.8. The summed E-state index contributed by atoms with van der Waals surface area (Å²) in [7, 11) is 0. The number of hydrogen-bond acceptors (Lipinski definition) is 5. The van der Waals surface area contributed by atoms with E-state index in [-0.39, 0.29) is 11.3 Å². The van der Waals surface area contributed by atoms with Crippen LogP contribution in [0, 0.1) is 6.92 Å². The number of hydrogen-bond donors (Lipinski definition) is 1. The average Bonchev–Trinajstić information content (AvgIpc) is 2.43. The van der Waals surface area contributed by atoms with Gasteiger partial charge >= 0.3 is 0 Å². The van der Waals surface area contributed by atoms with Crippen LogP contribution in [0.1, 0.15) is 11.3 Å². The van der Waals surface area contributed by atoms with Crippen LogP contribution in [-0.2, 0) is 11.3 Å². The molecule has 0 aliphatic carbocycles. The molecule has 1 aliphatic heterocycles. The van der Waals surface area contributed by atoms with Crippen LogP contribution in [0.5, 0.6) is 5.75 Å². The van der Waals surface area contributed by atoms with E-state index >= 15 is 0 Å². The van der Waals surface area contributed by atoms with Gasteiger partial charge < -0.3 is 9.84 Å². The van der Waals surface area contributed by atoms with Crippen molar-refractivity contribution < 1.29 is 9.84 Å². The van der Waals surface area contributed by atoms with Crippen molar-refractivity contribution in [3.63, 3.8) is 0 Å². The summed E-state index contributed by atoms with van der Waals surface area (Å²) in [4.78, 5) is 18.3. The van der Waals surface area contributed by atoms with Crippen LogP contribution in [0.3, 0.4) is 0 Å². The lowest BCUT2D eigenvalue weighted by Gasteiger charge is -2.26. The average molecular weight is 275 g/mol. The first-order valence-electron chi connectivity index (χ1n) is 6.66. The molecule has 0 bridgehead atoms. The third kappa shape index (κ3) is 2.39. The topological polar surface area (TPSA) is 67.1 Å². The number of aromatic nitrogens is 2. The first kappa shape index (κ1) is 13.1. The fraction of sp³-hybridized carbons (Fsp3) is 0.429. The van der Waals surface area contributed by atoms with Crippen molar-refractivity contribution >= 4 is 5.65 Å². The molecule has 0 radical (unpaired) electrons. The molecular formula is C14H17N3O3. The van der Waals surface area contributed by atoms with Crippen LogP contribution in [-0.4, -0.2) is 45.7 Å². The zero-order valence-corrected chi connectivity index (χ0v) is 11.4. The molecule has 1 N–H and O–H groups in total. The second-order valence-corrected chi connectivity index (χ2v) is 5.01. The summed E-state index contributed by atoms with van der Waals surface area (Å²) >= 11 is 0. The molecule has 20 heavy (non-hydrogen) atoms. The molecule has 1 saturated heterocycles. The Morgan fingerprint density at radius 1 is 1.40 bits per heavy atom. The van der Waals surface area contributed by atoms with E-state index in [2.05, 4.69) is 9.88 Å². The minimum atomic E-state index is -0.180. The maximum Gasteiger partial charge on any atom is 0.258 e. The summed E-state index contributed by atoms with van der Waals surface area (Å²) in [6.45, 7) is 5.50. The fourth-order valence-corrected chi connectivity index (χ4v) is 2.43. The molecular weight excluding hydrogens is 258 g/mol. The normalized spacial score (nSPS) is 16.6. The molecule has 1 aliphatic rings. The van der Waals surface area contributed by atoms with Gasteiger partial charge in [-0.3, -0.25) is 14.1 Å². The van der Waals surface area contributed by atoms with E-state index < -0.39 is 0 Å². The monoisotopic (exact) mass is 275 g/mol. The van der Waals surface area contributed by atoms with Crippen LogP contribution in [0.4, 0.5) is 0 Å². The summed E-state index contributed by atoms with van der Waals surface area (Å²) in [6.07, 6.45) is 1.67. The highest BCUT2D eigenvalue weighted by molar-refractivity contribution is 5.56. The highest BCUT2D eigenvalue weighted by Gasteiger charge is 2.15. The SMILES string of the molecule is Cc1cc(=O)n2ccc(CN3CCOCC3)c(O)c2n1. The van der Waals surface area contributed by atoms with E-state index in [4.69, 9.17) is 4.74 Å². The molecule has 0 saturated carbocycles. The zero-order chi connectivity index (χ0) is 14.1. The van der Waals surface area contributed by atoms with E-state index in [0.717, 1.165) is 18.7 Å². The second-order valence-electron chi connectivity index (χ2n) is 5.01. The fourth-order valence-electron chi connectivity index (χ4n) is 2.43. The molecule has 0 spiro atoms. The Hall–Kier alpha value is -1.92. The molecule has 0 unspecified atom stereocenters. The number of fused-ring (bicyclic) bond motifs is 1. The molecule has 3 heterocycles. The first-order chi connectivity index (χ1) is 9.65. The number of ether oxygens (including phenoxy) is 1. The molecule has 0 amide bonds. The van der Waals surface area contributed by atoms with Crippen LogP contribution in [0.25, 0.3) is 5.65 Å². The molecule has 0 atom stereocenters. The highest BCUT2D eigenvalue weighted by Crippen LogP contribution is 2.23. The van der Waals surface area contributed by atoms with Gasteiger partial charge in [0, 0.05) is 43.2 Å². The van der Waals surface area contributed by atoms with Gasteiger partial charge in [-0.05, 0) is 13.0 Å². The molecule has 1 fully saturated rings. The molecule has 106 valence electrons. The predicted molar refractivity (Wildman–Crippen MR) is 74.0 cm³/mol. The molecule has 6 nitrogen and oxygen atoms in total. The number of rotatable bonds is 2. The zero-order valence-electron chi connectivity index (χ0n) is 11.4. The lowest BCUT2D eigenvalue weighted by molar-refractivity contribution is 0.0339. The number of pyridine rings is 1. The number of aromatic hydroxyl groups is 1. The van der Waals surface area contributed by atoms with Crippen molar-refractivity contribution in [2.45, 2.75) is 13.5 Å². The van der Waals surface area contributed by atoms with Gasteiger partial charge in [0.1, 0.15) is 0 Å². The Morgan fingerprint density at radius 2 is 2.15 bits per heavy atom. The largest absolute Gasteiger partial charge is 0.504 e. The lowest BCUT2D eigenvalue weighted by Crippen LogP contribution is -2.35. The van der Waals surface area contributed by atoms with Gasteiger partial charge in [-0.25, -0.2) is 4.98 Å². The van der Waals surface area contributed by atoms with E-state index in [1.165, 1.54) is 10.5 Å². The molecule has 3 rings (SSSR count). The summed E-state index contributed by atoms with van der Waals surface area (Å²) in [6, 6.07) is 3.23. The van der Waals surface area contributed by atoms with Gasteiger partial charge in [-0.15, -0.1) is 0 Å². The van der Waals surface area contributed by atoms with Crippen LogP contribution < -0.4 is 5.56 Å². The third-order valence-electron chi connectivity index (χ3n) is 3.52. The second kappa shape index (κ2) is 5.22. The minimum absolute atomic E-state index is 0.0831. The lowest BCUT2D eigenvalue weighted by atomic mass is 10.2. The van der Waals surface area contributed by atoms with Crippen molar-refractivity contribution in [2.75, 3.05) is 26.3 Å². The van der Waals surface area contributed by atoms with E-state index in [0.29, 0.717) is 31.1 Å². The van der Waals surface area contributed by atoms with Gasteiger partial charge in [0.15, 0.2) is 11.4 Å². The Balaban J connectivity index is 2.00. The van der Waals surface area contributed by atoms with E-state index in [1.54, 1.807) is 19.2 Å². The van der Waals surface area contributed by atoms with Crippen molar-refractivity contribution in [2.24, 2.45) is 0 Å². The third-order valence-corrected chi connectivity index (χ3v) is 3.52. The number of nitrogens with zero attached hydrogens (tertiary/aromatic N) is 3. The summed E-state index contributed by atoms with van der Waals surface area (Å²) in [5.74, 6) is 0.0831. The van der Waals surface area contributed by atoms with Crippen molar-refractivity contribution in [1.82, 2.24) is 14.3 Å². The number of aryl methyl sites for hydroxylation is 1. The van der Waals surface area contributed by atoms with Crippen LogP contribution in [0.15, 0.2) is 23.1 Å². The summed E-state index contributed by atoms with van der Waals surface area (Å²) < 4.78 is 6.67. The van der Waals surface area contributed by atoms with E-state index in [1.807, 2.05) is 0 Å². The number of morpholine rings is 1. The Bertz CT molecular complexity index is 690. The first-order valence-corrected chi connectivity index (χ1v) is 6.66. The minimum Gasteiger partial charge on any atom is -0.504 e. The van der Waals surface area contributed by atoms with Crippen LogP contribution >= 0.6 is 0 Å². The van der Waals surface area contributed by atoms with Gasteiger partial charge in [-0.2, -0.15) is 0 Å². The smallest absolute Gasteiger partial charge is 0.258 e. The molecule has 6 heteroatoms. The Morgan fingerprint density at radius 3 is 2.90 bits per heavy atom. The quantitative estimate of drug-likeness (QED) is 0.866. The van der Waals surface area contributed by atoms with Crippen molar-refractivity contribution in [3.05, 3.63) is 39.9 Å². The van der Waals surface area contributed by atoms with Crippen LogP contribution in [0.2, 0.25) is 0 Å². The predicted octanol–water partition coefficient (Wildman–Crippen LogP) is 0.541. The standard InChI is InChI=1S/C14H17N3O3/c1-10-8-12(18)17-3-2-11(13(19)14(17)15-10)9-16-4-6-20-7-5-16/h2-3,8,19H,4-7,9H2,1H3. The van der Waals surface area contributed by atoms with Gasteiger partial charge in [-0.1, -0.05) is 0 Å². The summed E-state index contributed by atoms with van der Waals surface area (Å²) in [5.41, 5.74) is 1.53. The molecule has 2 aromatic rings. The Kier molecular flexibility index (Phi) is 3.42. The summed E-state index contributed by atoms with van der Waals surface area (Å²) in [5, 5.41) is 10.3. The van der Waals surface area contributed by atoms with E-state index in [9.17, 15) is 9.90 Å². The van der Waals surface area contributed by atoms with Crippen molar-refractivity contribution in [1.29, 1.82) is 0 Å². The van der Waals surface area contributed by atoms with Gasteiger partial charge in [0.05, 0.1) is 13.2 Å². The Labute approximate surface area is 116 Å². The molecule has 2 aromatic heterocycles. The van der Waals surface area contributed by atoms with Gasteiger partial charge in [0.25, 0.3) is 5.56 Å². The van der Waals surface area contributed by atoms with Gasteiger partial charge in [0.2, 0.25) is 0 Å². The maximum absolute atomic E-state index is 11.8. The highest BCUT2D eigenvalue weighted by atomic mass is 16.5. The molecule has 0 aromatic carbocycles.